The summed E-state index contributed by atoms with van der Waals surface area (Å²) in [6.45, 7) is 6.31. The van der Waals surface area contributed by atoms with E-state index in [9.17, 15) is 4.79 Å². The second-order valence-corrected chi connectivity index (χ2v) is 9.38. The molecule has 1 aliphatic heterocycles. The van der Waals surface area contributed by atoms with Crippen LogP contribution in [0.2, 0.25) is 0 Å². The van der Waals surface area contributed by atoms with Gasteiger partial charge in [-0.2, -0.15) is 0 Å². The van der Waals surface area contributed by atoms with E-state index >= 15 is 0 Å². The summed E-state index contributed by atoms with van der Waals surface area (Å²) in [4.78, 5) is 13.3. The van der Waals surface area contributed by atoms with Crippen molar-refractivity contribution in [1.29, 1.82) is 0 Å². The number of nitrogens with one attached hydrogen (secondary N) is 2. The van der Waals surface area contributed by atoms with Crippen LogP contribution >= 0.6 is 27.7 Å². The number of amides is 1. The van der Waals surface area contributed by atoms with Crippen LogP contribution in [-0.2, 0) is 11.2 Å². The Morgan fingerprint density at radius 1 is 1.17 bits per heavy atom. The predicted octanol–water partition coefficient (Wildman–Crippen LogP) is 6.02. The Morgan fingerprint density at radius 3 is 2.63 bits per heavy atom. The van der Waals surface area contributed by atoms with Gasteiger partial charge in [-0.05, 0) is 73.9 Å². The number of aryl methyl sites for hydroxylation is 2. The zero-order chi connectivity index (χ0) is 21.3. The number of hydrogen-bond acceptors (Lipinski definition) is 3. The monoisotopic (exact) mass is 481 g/mol. The van der Waals surface area contributed by atoms with E-state index in [1.807, 2.05) is 18.2 Å². The first kappa shape index (κ1) is 20.8. The number of benzene rings is 2. The molecule has 2 aromatic carbocycles. The molecule has 0 aliphatic carbocycles. The number of anilines is 1. The molecule has 1 aromatic heterocycles. The highest BCUT2D eigenvalue weighted by molar-refractivity contribution is 9.10. The molecule has 6 heteroatoms. The fourth-order valence-electron chi connectivity index (χ4n) is 3.64. The number of aromatic nitrogens is 1. The lowest BCUT2D eigenvalue weighted by Crippen LogP contribution is -2.30. The van der Waals surface area contributed by atoms with E-state index in [4.69, 9.17) is 0 Å². The summed E-state index contributed by atoms with van der Waals surface area (Å²) in [6, 6.07) is 18.7. The maximum absolute atomic E-state index is 12.5. The Kier molecular flexibility index (Phi) is 6.06. The molecule has 0 saturated carbocycles. The van der Waals surface area contributed by atoms with Gasteiger partial charge in [0, 0.05) is 27.2 Å². The second-order valence-electron chi connectivity index (χ2n) is 7.32. The Hall–Kier alpha value is -2.44. The maximum Gasteiger partial charge on any atom is 0.260 e. The first-order valence-electron chi connectivity index (χ1n) is 9.94. The molecule has 30 heavy (non-hydrogen) atoms. The van der Waals surface area contributed by atoms with Crippen molar-refractivity contribution in [1.82, 2.24) is 9.88 Å². The maximum atomic E-state index is 12.5. The summed E-state index contributed by atoms with van der Waals surface area (Å²) in [7, 11) is 0. The van der Waals surface area contributed by atoms with Crippen molar-refractivity contribution in [3.8, 4) is 5.69 Å². The number of thioether (sulfide) groups is 1. The highest BCUT2D eigenvalue weighted by Gasteiger charge is 2.27. The molecule has 0 radical (unpaired) electrons. The van der Waals surface area contributed by atoms with Crippen LogP contribution in [0.1, 0.15) is 29.4 Å². The van der Waals surface area contributed by atoms with Crippen molar-refractivity contribution in [2.24, 2.45) is 0 Å². The van der Waals surface area contributed by atoms with Crippen molar-refractivity contribution < 1.29 is 4.79 Å². The molecule has 1 atom stereocenters. The van der Waals surface area contributed by atoms with Gasteiger partial charge in [0.15, 0.2) is 5.50 Å². The van der Waals surface area contributed by atoms with Crippen LogP contribution in [0, 0.1) is 13.8 Å². The molecule has 154 valence electrons. The average molecular weight is 482 g/mol. The molecule has 1 amide bonds. The van der Waals surface area contributed by atoms with Gasteiger partial charge in [-0.1, -0.05) is 52.8 Å². The fraction of sp³-hybridized carbons (Fsp3) is 0.208. The van der Waals surface area contributed by atoms with Gasteiger partial charge < -0.3 is 15.2 Å². The van der Waals surface area contributed by atoms with Crippen LogP contribution in [0.3, 0.4) is 0 Å². The summed E-state index contributed by atoms with van der Waals surface area (Å²) < 4.78 is 3.25. The molecule has 0 spiro atoms. The Morgan fingerprint density at radius 2 is 1.93 bits per heavy atom. The lowest BCUT2D eigenvalue weighted by Gasteiger charge is -2.12. The van der Waals surface area contributed by atoms with E-state index in [1.165, 1.54) is 17.3 Å². The lowest BCUT2D eigenvalue weighted by molar-refractivity contribution is -0.116. The van der Waals surface area contributed by atoms with Crippen LogP contribution in [0.25, 0.3) is 11.8 Å². The molecule has 1 saturated heterocycles. The van der Waals surface area contributed by atoms with Gasteiger partial charge in [-0.25, -0.2) is 0 Å². The number of rotatable bonds is 5. The van der Waals surface area contributed by atoms with Crippen LogP contribution < -0.4 is 10.6 Å². The van der Waals surface area contributed by atoms with Gasteiger partial charge in [-0.3, -0.25) is 4.79 Å². The molecular formula is C24H24BrN3OS. The first-order valence-corrected chi connectivity index (χ1v) is 11.6. The zero-order valence-corrected chi connectivity index (χ0v) is 19.6. The topological polar surface area (TPSA) is 46.1 Å². The van der Waals surface area contributed by atoms with Crippen LogP contribution in [0.4, 0.5) is 5.69 Å². The third-order valence-electron chi connectivity index (χ3n) is 5.21. The summed E-state index contributed by atoms with van der Waals surface area (Å²) >= 11 is 5.06. The van der Waals surface area contributed by atoms with Crippen molar-refractivity contribution in [2.45, 2.75) is 32.7 Å². The van der Waals surface area contributed by atoms with Gasteiger partial charge in [0.1, 0.15) is 0 Å². The highest BCUT2D eigenvalue weighted by Crippen LogP contribution is 2.32. The lowest BCUT2D eigenvalue weighted by atomic mass is 10.1. The summed E-state index contributed by atoms with van der Waals surface area (Å²) in [5.41, 5.74) is 6.51. The molecule has 0 bridgehead atoms. The van der Waals surface area contributed by atoms with E-state index in [0.29, 0.717) is 4.91 Å². The molecule has 2 heterocycles. The number of carbonyl (C=O) groups excluding carboxylic acids is 1. The number of hydrogen-bond donors (Lipinski definition) is 2. The average Bonchev–Trinajstić information content (AvgIpc) is 3.20. The van der Waals surface area contributed by atoms with E-state index in [1.54, 1.807) is 0 Å². The SMILES string of the molecule is CCc1ccc(N[C@@H]2NC(=O)/C(=C/c3cc(C)n(-c4cccc(Br)c4)c3C)S2)cc1. The fourth-order valence-corrected chi connectivity index (χ4v) is 5.00. The van der Waals surface area contributed by atoms with E-state index in [-0.39, 0.29) is 11.4 Å². The third kappa shape index (κ3) is 4.35. The second kappa shape index (κ2) is 8.74. The smallest absolute Gasteiger partial charge is 0.260 e. The largest absolute Gasteiger partial charge is 0.357 e. The molecule has 4 nitrogen and oxygen atoms in total. The Bertz CT molecular complexity index is 1120. The van der Waals surface area contributed by atoms with Crippen LogP contribution in [0.5, 0.6) is 0 Å². The van der Waals surface area contributed by atoms with E-state index in [2.05, 4.69) is 94.4 Å². The molecule has 0 unspecified atom stereocenters. The minimum atomic E-state index is -0.176. The first-order chi connectivity index (χ1) is 14.4. The quantitative estimate of drug-likeness (QED) is 0.438. The van der Waals surface area contributed by atoms with Crippen molar-refractivity contribution in [3.63, 3.8) is 0 Å². The summed E-state index contributed by atoms with van der Waals surface area (Å²) in [5.74, 6) is -0.0464. The summed E-state index contributed by atoms with van der Waals surface area (Å²) in [6.07, 6.45) is 3.00. The standard InChI is InChI=1S/C24H24BrN3OS/c1-4-17-8-10-20(11-9-17)26-24-27-23(29)22(30-24)13-18-12-15(2)28(16(18)3)21-7-5-6-19(25)14-21/h5-14,24,26H,4H2,1-3H3,(H,27,29)/b22-13-/t24-/m1/s1. The predicted molar refractivity (Wildman–Crippen MR) is 130 cm³/mol. The summed E-state index contributed by atoms with van der Waals surface area (Å²) in [5, 5.41) is 6.39. The molecule has 1 aliphatic rings. The van der Waals surface area contributed by atoms with Gasteiger partial charge in [0.25, 0.3) is 5.91 Å². The minimum Gasteiger partial charge on any atom is -0.357 e. The highest BCUT2D eigenvalue weighted by atomic mass is 79.9. The zero-order valence-electron chi connectivity index (χ0n) is 17.2. The van der Waals surface area contributed by atoms with Crippen LogP contribution in [0.15, 0.2) is 64.0 Å². The molecule has 1 fully saturated rings. The number of carbonyl (C=O) groups is 1. The normalized spacial score (nSPS) is 17.4. The molecule has 4 rings (SSSR count). The molecular weight excluding hydrogens is 458 g/mol. The van der Waals surface area contributed by atoms with Crippen molar-refractivity contribution in [2.75, 3.05) is 5.32 Å². The van der Waals surface area contributed by atoms with Crippen LogP contribution in [-0.4, -0.2) is 16.0 Å². The van der Waals surface area contributed by atoms with Gasteiger partial charge in [-0.15, -0.1) is 0 Å². The molecule has 2 N–H and O–H groups in total. The van der Waals surface area contributed by atoms with Gasteiger partial charge >= 0.3 is 0 Å². The molecule has 3 aromatic rings. The Labute approximate surface area is 189 Å². The van der Waals surface area contributed by atoms with Gasteiger partial charge in [0.2, 0.25) is 0 Å². The Balaban J connectivity index is 1.55. The third-order valence-corrected chi connectivity index (χ3v) is 6.74. The van der Waals surface area contributed by atoms with E-state index < -0.39 is 0 Å². The van der Waals surface area contributed by atoms with Gasteiger partial charge in [0.05, 0.1) is 4.91 Å². The minimum absolute atomic E-state index is 0.0464. The van der Waals surface area contributed by atoms with E-state index in [0.717, 1.165) is 39.2 Å². The number of nitrogens with zero attached hydrogens (tertiary/aromatic N) is 1. The number of halogens is 1. The van der Waals surface area contributed by atoms with Crippen molar-refractivity contribution >= 4 is 45.4 Å². The van der Waals surface area contributed by atoms with Crippen molar-refractivity contribution in [3.05, 3.63) is 86.5 Å².